The largest absolute Gasteiger partial charge is 0.494 e. The minimum Gasteiger partial charge on any atom is -0.494 e. The number of carboxylic acid groups (broad SMARTS) is 1. The molecular formula is C63H71N5O9. The quantitative estimate of drug-likeness (QED) is 0.0299. The molecule has 2 aliphatic rings. The highest BCUT2D eigenvalue weighted by atomic mass is 16.5. The van der Waals surface area contributed by atoms with Crippen LogP contribution in [0.25, 0.3) is 0 Å². The van der Waals surface area contributed by atoms with Crippen molar-refractivity contribution in [1.29, 1.82) is 0 Å². The van der Waals surface area contributed by atoms with Crippen LogP contribution in [0.3, 0.4) is 0 Å². The molecule has 0 spiro atoms. The Morgan fingerprint density at radius 2 is 1.19 bits per heavy atom. The van der Waals surface area contributed by atoms with E-state index in [4.69, 9.17) is 14.2 Å². The van der Waals surface area contributed by atoms with Crippen molar-refractivity contribution in [3.05, 3.63) is 188 Å². The Kier molecular flexibility index (Phi) is 19.6. The number of fused-ring (bicyclic) bond motifs is 4. The van der Waals surface area contributed by atoms with Gasteiger partial charge in [0.05, 0.1) is 26.2 Å². The highest BCUT2D eigenvalue weighted by molar-refractivity contribution is 5.87. The number of hydrogen-bond acceptors (Lipinski definition) is 10. The molecule has 6 aromatic rings. The van der Waals surface area contributed by atoms with Gasteiger partial charge in [-0.15, -0.1) is 0 Å². The Morgan fingerprint density at radius 1 is 0.649 bits per heavy atom. The first-order chi connectivity index (χ1) is 37.3. The van der Waals surface area contributed by atoms with Crippen molar-refractivity contribution in [2.75, 3.05) is 19.8 Å². The van der Waals surface area contributed by atoms with E-state index in [0.29, 0.717) is 45.4 Å². The van der Waals surface area contributed by atoms with Crippen LogP contribution >= 0.6 is 0 Å². The Morgan fingerprint density at radius 3 is 1.73 bits per heavy atom. The summed E-state index contributed by atoms with van der Waals surface area (Å²) in [5, 5.41) is 18.6. The number of ether oxygens (including phenoxy) is 3. The zero-order valence-corrected chi connectivity index (χ0v) is 44.5. The number of nitrogens with zero attached hydrogens (tertiary/aromatic N) is 2. The third-order valence-corrected chi connectivity index (χ3v) is 14.6. The van der Waals surface area contributed by atoms with Crippen molar-refractivity contribution in [1.82, 2.24) is 25.9 Å². The van der Waals surface area contributed by atoms with Crippen LogP contribution in [0.15, 0.2) is 109 Å². The van der Waals surface area contributed by atoms with Crippen LogP contribution in [0.1, 0.15) is 142 Å². The first-order valence-electron chi connectivity index (χ1n) is 27.0. The van der Waals surface area contributed by atoms with Gasteiger partial charge in [0.15, 0.2) is 0 Å². The maximum atomic E-state index is 13.7. The van der Waals surface area contributed by atoms with Crippen LogP contribution in [0.4, 0.5) is 0 Å². The molecule has 0 bridgehead atoms. The van der Waals surface area contributed by atoms with Gasteiger partial charge in [0.2, 0.25) is 17.7 Å². The standard InChI is InChI=1S/C63H71N5O9/c1-41-20-22-64-54(26-41)8-4-6-24-76-56-14-12-46-30-52(36-62(72)73)58-16-10-45(29-50(58)32-48(46)34-56)38-67-63(74)60(68-43(3)70)18-19-61(71)66-37-44-11-17-59-51(28-44)33-49-35-57(15-13-47(49)31-53(59)39-75-40-69)77-25-7-5-9-55-27-42(2)21-23-65-55/h10-17,20-23,26-29,34-35,40,52-53,60H,4-9,18-19,24-25,30-33,36-39H2,1-3H3,(H,66,71)(H,67,74)(H,68,70)(H,72,73). The van der Waals surface area contributed by atoms with E-state index in [2.05, 4.69) is 82.2 Å². The van der Waals surface area contributed by atoms with Crippen molar-refractivity contribution < 1.29 is 43.3 Å². The second-order valence-electron chi connectivity index (χ2n) is 20.7. The maximum Gasteiger partial charge on any atom is 0.303 e. The molecule has 2 aliphatic carbocycles. The number of amides is 3. The van der Waals surface area contributed by atoms with Crippen LogP contribution in [0, 0.1) is 13.8 Å². The average molecular weight is 1040 g/mol. The van der Waals surface area contributed by atoms with Gasteiger partial charge in [-0.2, -0.15) is 0 Å². The van der Waals surface area contributed by atoms with Crippen LogP contribution in [0.2, 0.25) is 0 Å². The summed E-state index contributed by atoms with van der Waals surface area (Å²) in [6, 6.07) is 31.6. The van der Waals surface area contributed by atoms with Gasteiger partial charge in [-0.3, -0.25) is 33.9 Å². The second kappa shape index (κ2) is 27.3. The molecule has 2 heterocycles. The van der Waals surface area contributed by atoms with E-state index in [1.165, 1.54) is 18.1 Å². The van der Waals surface area contributed by atoms with E-state index in [0.717, 1.165) is 117 Å². The summed E-state index contributed by atoms with van der Waals surface area (Å²) in [6.45, 7) is 7.79. The smallest absolute Gasteiger partial charge is 0.303 e. The highest BCUT2D eigenvalue weighted by Gasteiger charge is 2.27. The Hall–Kier alpha value is -7.87. The van der Waals surface area contributed by atoms with Crippen molar-refractivity contribution >= 4 is 30.2 Å². The number of aryl methyl sites for hydroxylation is 4. The number of unbranched alkanes of at least 4 members (excludes halogenated alkanes) is 2. The van der Waals surface area contributed by atoms with E-state index < -0.39 is 23.8 Å². The molecule has 0 saturated heterocycles. The Labute approximate surface area is 451 Å². The minimum absolute atomic E-state index is 0.00675. The van der Waals surface area contributed by atoms with Gasteiger partial charge < -0.3 is 35.3 Å². The summed E-state index contributed by atoms with van der Waals surface area (Å²) >= 11 is 0. The van der Waals surface area contributed by atoms with Gasteiger partial charge in [0.1, 0.15) is 17.5 Å². The molecule has 4 aromatic carbocycles. The average Bonchev–Trinajstić information content (AvgIpc) is 3.69. The highest BCUT2D eigenvalue weighted by Crippen LogP contribution is 2.37. The lowest BCUT2D eigenvalue weighted by Crippen LogP contribution is -2.46. The maximum absolute atomic E-state index is 13.7. The summed E-state index contributed by atoms with van der Waals surface area (Å²) in [7, 11) is 0. The molecule has 77 heavy (non-hydrogen) atoms. The van der Waals surface area contributed by atoms with E-state index in [1.54, 1.807) is 0 Å². The summed E-state index contributed by atoms with van der Waals surface area (Å²) in [5.41, 5.74) is 14.9. The first-order valence-corrected chi connectivity index (χ1v) is 27.0. The van der Waals surface area contributed by atoms with Crippen molar-refractivity contribution in [2.24, 2.45) is 0 Å². The normalized spacial score (nSPS) is 14.7. The number of aliphatic carboxylic acids is 1. The lowest BCUT2D eigenvalue weighted by atomic mass is 9.88. The molecule has 0 radical (unpaired) electrons. The molecule has 2 aromatic heterocycles. The Bertz CT molecular complexity index is 3050. The zero-order valence-electron chi connectivity index (χ0n) is 44.5. The summed E-state index contributed by atoms with van der Waals surface area (Å²) in [6.07, 6.45) is 11.7. The topological polar surface area (TPSA) is 195 Å². The number of benzene rings is 4. The molecule has 4 N–H and O–H groups in total. The van der Waals surface area contributed by atoms with Crippen LogP contribution in [0.5, 0.6) is 11.5 Å². The Balaban J connectivity index is 0.846. The van der Waals surface area contributed by atoms with Crippen LogP contribution < -0.4 is 25.4 Å². The van der Waals surface area contributed by atoms with Gasteiger partial charge in [-0.1, -0.05) is 48.5 Å². The van der Waals surface area contributed by atoms with E-state index >= 15 is 0 Å². The summed E-state index contributed by atoms with van der Waals surface area (Å²) < 4.78 is 17.7. The molecule has 14 heteroatoms. The fourth-order valence-corrected chi connectivity index (χ4v) is 10.7. The number of rotatable bonds is 26. The zero-order chi connectivity index (χ0) is 54.1. The number of hydrogen-bond donors (Lipinski definition) is 4. The molecule has 0 aliphatic heterocycles. The SMILES string of the molecule is CC(=O)NC(CCC(=O)NCc1ccc2c(c1)Cc1cc(OCCCCc3cc(C)ccn3)ccc1CC2COC=O)C(=O)NCc1ccc2c(c1)Cc1cc(OCCCCc3cc(C)ccn3)ccc1CC2CC(=O)O. The van der Waals surface area contributed by atoms with Crippen molar-refractivity contribution in [3.63, 3.8) is 0 Å². The number of carbonyl (C=O) groups is 5. The number of carboxylic acids is 1. The van der Waals surface area contributed by atoms with E-state index in [-0.39, 0.29) is 56.7 Å². The molecule has 402 valence electrons. The number of carbonyl (C=O) groups excluding carboxylic acids is 4. The van der Waals surface area contributed by atoms with Gasteiger partial charge in [0, 0.05) is 56.1 Å². The first kappa shape index (κ1) is 55.4. The van der Waals surface area contributed by atoms with Gasteiger partial charge in [-0.05, 0) is 206 Å². The molecule has 14 nitrogen and oxygen atoms in total. The number of aromatic nitrogens is 2. The predicted molar refractivity (Wildman–Crippen MR) is 294 cm³/mol. The monoisotopic (exact) mass is 1040 g/mol. The molecule has 0 fully saturated rings. The second-order valence-corrected chi connectivity index (χ2v) is 20.7. The molecule has 3 unspecified atom stereocenters. The minimum atomic E-state index is -0.952. The summed E-state index contributed by atoms with van der Waals surface area (Å²) in [5.74, 6) is -0.658. The number of pyridine rings is 2. The fourth-order valence-electron chi connectivity index (χ4n) is 10.7. The van der Waals surface area contributed by atoms with E-state index in [9.17, 15) is 29.1 Å². The van der Waals surface area contributed by atoms with E-state index in [1.807, 2.05) is 67.0 Å². The third kappa shape index (κ3) is 16.3. The molecule has 0 saturated carbocycles. The molecule has 3 amide bonds. The van der Waals surface area contributed by atoms with Crippen LogP contribution in [-0.4, -0.2) is 71.1 Å². The molecule has 3 atom stereocenters. The fraction of sp³-hybridized carbons (Fsp3) is 0.381. The molecule has 8 rings (SSSR count). The lowest BCUT2D eigenvalue weighted by molar-refractivity contribution is -0.137. The summed E-state index contributed by atoms with van der Waals surface area (Å²) in [4.78, 5) is 71.7. The number of nitrogens with one attached hydrogen (secondary N) is 3. The van der Waals surface area contributed by atoms with Gasteiger partial charge in [0.25, 0.3) is 6.47 Å². The van der Waals surface area contributed by atoms with Crippen molar-refractivity contribution in [2.45, 2.75) is 135 Å². The van der Waals surface area contributed by atoms with Gasteiger partial charge in [-0.25, -0.2) is 0 Å². The predicted octanol–water partition coefficient (Wildman–Crippen LogP) is 9.22. The molecular weight excluding hydrogens is 971 g/mol. The lowest BCUT2D eigenvalue weighted by Gasteiger charge is -2.19. The van der Waals surface area contributed by atoms with Crippen molar-refractivity contribution in [3.8, 4) is 11.5 Å². The van der Waals surface area contributed by atoms with Gasteiger partial charge >= 0.3 is 5.97 Å². The van der Waals surface area contributed by atoms with Crippen LogP contribution in [-0.2, 0) is 80.3 Å². The third-order valence-electron chi connectivity index (χ3n) is 14.6.